The molecule has 2 aromatic rings. The Labute approximate surface area is 128 Å². The van der Waals surface area contributed by atoms with E-state index in [4.69, 9.17) is 5.73 Å². The van der Waals surface area contributed by atoms with Crippen molar-refractivity contribution in [2.75, 3.05) is 10.6 Å². The van der Waals surface area contributed by atoms with Crippen molar-refractivity contribution >= 4 is 17.1 Å². The second-order valence-corrected chi connectivity index (χ2v) is 6.12. The summed E-state index contributed by atoms with van der Waals surface area (Å²) in [6.07, 6.45) is 2.41. The van der Waals surface area contributed by atoms with Gasteiger partial charge in [0, 0.05) is 23.1 Å². The van der Waals surface area contributed by atoms with E-state index in [1.807, 2.05) is 12.1 Å². The maximum atomic E-state index is 5.82. The fourth-order valence-corrected chi connectivity index (χ4v) is 2.59. The van der Waals surface area contributed by atoms with Gasteiger partial charge in [-0.3, -0.25) is 0 Å². The van der Waals surface area contributed by atoms with Crippen LogP contribution in [0.4, 0.5) is 17.1 Å². The summed E-state index contributed by atoms with van der Waals surface area (Å²) in [6.45, 7) is 6.86. The number of nitrogens with zero attached hydrogens (tertiary/aromatic N) is 1. The first-order valence-electron chi connectivity index (χ1n) is 7.77. The van der Waals surface area contributed by atoms with Crippen LogP contribution in [0.25, 0.3) is 0 Å². The first kappa shape index (κ1) is 15.4. The second-order valence-electron chi connectivity index (χ2n) is 6.12. The Morgan fingerprint density at radius 1 is 0.810 bits per heavy atom. The predicted molar refractivity (Wildman–Crippen MR) is 93.0 cm³/mol. The van der Waals surface area contributed by atoms with Gasteiger partial charge in [-0.25, -0.2) is 0 Å². The predicted octanol–water partition coefficient (Wildman–Crippen LogP) is 5.23. The van der Waals surface area contributed by atoms with E-state index < -0.39 is 0 Å². The molecule has 21 heavy (non-hydrogen) atoms. The zero-order valence-electron chi connectivity index (χ0n) is 13.3. The van der Waals surface area contributed by atoms with Gasteiger partial charge in [-0.15, -0.1) is 0 Å². The summed E-state index contributed by atoms with van der Waals surface area (Å²) >= 11 is 0. The van der Waals surface area contributed by atoms with Crippen LogP contribution in [-0.2, 0) is 0 Å². The molecule has 0 fully saturated rings. The monoisotopic (exact) mass is 282 g/mol. The molecule has 0 spiro atoms. The van der Waals surface area contributed by atoms with Crippen molar-refractivity contribution in [2.24, 2.45) is 5.92 Å². The molecule has 0 aliphatic rings. The largest absolute Gasteiger partial charge is 0.399 e. The lowest BCUT2D eigenvalue weighted by Gasteiger charge is -2.32. The van der Waals surface area contributed by atoms with Gasteiger partial charge in [0.1, 0.15) is 0 Å². The number of anilines is 3. The van der Waals surface area contributed by atoms with E-state index in [1.54, 1.807) is 0 Å². The number of rotatable bonds is 6. The number of nitrogens with two attached hydrogens (primary N) is 1. The molecule has 0 bridgehead atoms. The first-order chi connectivity index (χ1) is 10.1. The third kappa shape index (κ3) is 4.25. The minimum Gasteiger partial charge on any atom is -0.399 e. The van der Waals surface area contributed by atoms with E-state index in [9.17, 15) is 0 Å². The number of benzene rings is 2. The van der Waals surface area contributed by atoms with Gasteiger partial charge in [-0.2, -0.15) is 0 Å². The highest BCUT2D eigenvalue weighted by Crippen LogP contribution is 2.30. The molecular weight excluding hydrogens is 256 g/mol. The summed E-state index contributed by atoms with van der Waals surface area (Å²) in [5.74, 6) is 0.733. The normalized spacial score (nSPS) is 12.4. The molecule has 0 aromatic heterocycles. The number of nitrogen functional groups attached to an aromatic ring is 1. The van der Waals surface area contributed by atoms with Crippen LogP contribution in [0.15, 0.2) is 54.6 Å². The molecule has 2 nitrogen and oxygen atoms in total. The lowest BCUT2D eigenvalue weighted by atomic mass is 10.0. The minimum absolute atomic E-state index is 0.457. The minimum atomic E-state index is 0.457. The molecule has 0 radical (unpaired) electrons. The summed E-state index contributed by atoms with van der Waals surface area (Å²) in [5.41, 5.74) is 9.06. The van der Waals surface area contributed by atoms with Crippen molar-refractivity contribution in [3.05, 3.63) is 54.6 Å². The Morgan fingerprint density at radius 2 is 1.38 bits per heavy atom. The second kappa shape index (κ2) is 7.16. The molecule has 1 atom stereocenters. The van der Waals surface area contributed by atoms with Crippen molar-refractivity contribution < 1.29 is 0 Å². The average molecular weight is 282 g/mol. The van der Waals surface area contributed by atoms with Crippen LogP contribution in [0.1, 0.15) is 33.6 Å². The van der Waals surface area contributed by atoms with Crippen LogP contribution in [0.3, 0.4) is 0 Å². The summed E-state index contributed by atoms with van der Waals surface area (Å²) in [7, 11) is 0. The fourth-order valence-electron chi connectivity index (χ4n) is 2.59. The van der Waals surface area contributed by atoms with E-state index >= 15 is 0 Å². The standard InChI is InChI=1S/C19H26N2/c1-15(2)9-10-16(3)21(18-7-5-4-6-8-18)19-13-11-17(20)12-14-19/h4-8,11-16H,9-10,20H2,1-3H3. The van der Waals surface area contributed by atoms with Gasteiger partial charge >= 0.3 is 0 Å². The lowest BCUT2D eigenvalue weighted by Crippen LogP contribution is -2.28. The molecule has 2 rings (SSSR count). The molecule has 2 aromatic carbocycles. The molecule has 2 N–H and O–H groups in total. The number of para-hydroxylation sites is 1. The van der Waals surface area contributed by atoms with E-state index in [1.165, 1.54) is 24.2 Å². The lowest BCUT2D eigenvalue weighted by molar-refractivity contribution is 0.509. The van der Waals surface area contributed by atoms with Gasteiger partial charge in [-0.1, -0.05) is 32.0 Å². The molecule has 0 heterocycles. The summed E-state index contributed by atoms with van der Waals surface area (Å²) in [6, 6.07) is 19.2. The molecule has 0 saturated heterocycles. The van der Waals surface area contributed by atoms with Crippen LogP contribution in [-0.4, -0.2) is 6.04 Å². The van der Waals surface area contributed by atoms with E-state index in [0.717, 1.165) is 11.6 Å². The van der Waals surface area contributed by atoms with Crippen LogP contribution in [0, 0.1) is 5.92 Å². The number of hydrogen-bond acceptors (Lipinski definition) is 2. The van der Waals surface area contributed by atoms with Crippen molar-refractivity contribution in [1.82, 2.24) is 0 Å². The molecule has 0 aliphatic carbocycles. The highest BCUT2D eigenvalue weighted by atomic mass is 15.2. The SMILES string of the molecule is CC(C)CCC(C)N(c1ccccc1)c1ccc(N)cc1. The molecule has 112 valence electrons. The van der Waals surface area contributed by atoms with Crippen molar-refractivity contribution in [1.29, 1.82) is 0 Å². The Morgan fingerprint density at radius 3 is 1.95 bits per heavy atom. The average Bonchev–Trinajstić information content (AvgIpc) is 2.48. The Balaban J connectivity index is 2.28. The Kier molecular flexibility index (Phi) is 5.26. The summed E-state index contributed by atoms with van der Waals surface area (Å²) in [4.78, 5) is 2.40. The quantitative estimate of drug-likeness (QED) is 0.735. The highest BCUT2D eigenvalue weighted by Gasteiger charge is 2.16. The first-order valence-corrected chi connectivity index (χ1v) is 7.77. The van der Waals surface area contributed by atoms with Gasteiger partial charge in [0.05, 0.1) is 0 Å². The zero-order valence-corrected chi connectivity index (χ0v) is 13.3. The van der Waals surface area contributed by atoms with Crippen LogP contribution >= 0.6 is 0 Å². The van der Waals surface area contributed by atoms with Crippen molar-refractivity contribution in [3.8, 4) is 0 Å². The van der Waals surface area contributed by atoms with Gasteiger partial charge in [-0.05, 0) is 62.1 Å². The van der Waals surface area contributed by atoms with Crippen LogP contribution in [0.5, 0.6) is 0 Å². The number of hydrogen-bond donors (Lipinski definition) is 1. The fraction of sp³-hybridized carbons (Fsp3) is 0.368. The molecule has 1 unspecified atom stereocenters. The third-order valence-corrected chi connectivity index (χ3v) is 3.81. The van der Waals surface area contributed by atoms with Gasteiger partial charge in [0.2, 0.25) is 0 Å². The molecule has 2 heteroatoms. The smallest absolute Gasteiger partial charge is 0.0414 e. The molecule has 0 aliphatic heterocycles. The van der Waals surface area contributed by atoms with E-state index in [0.29, 0.717) is 6.04 Å². The van der Waals surface area contributed by atoms with E-state index in [-0.39, 0.29) is 0 Å². The van der Waals surface area contributed by atoms with E-state index in [2.05, 4.69) is 68.1 Å². The Bertz CT molecular complexity index is 531. The van der Waals surface area contributed by atoms with Crippen LogP contribution in [0.2, 0.25) is 0 Å². The van der Waals surface area contributed by atoms with Crippen LogP contribution < -0.4 is 10.6 Å². The maximum Gasteiger partial charge on any atom is 0.0414 e. The summed E-state index contributed by atoms with van der Waals surface area (Å²) < 4.78 is 0. The highest BCUT2D eigenvalue weighted by molar-refractivity contribution is 5.65. The topological polar surface area (TPSA) is 29.3 Å². The van der Waals surface area contributed by atoms with Gasteiger partial charge in [0.15, 0.2) is 0 Å². The summed E-state index contributed by atoms with van der Waals surface area (Å²) in [5, 5.41) is 0. The maximum absolute atomic E-state index is 5.82. The molecular formula is C19H26N2. The van der Waals surface area contributed by atoms with Crippen molar-refractivity contribution in [3.63, 3.8) is 0 Å². The third-order valence-electron chi connectivity index (χ3n) is 3.81. The molecule has 0 amide bonds. The van der Waals surface area contributed by atoms with Gasteiger partial charge < -0.3 is 10.6 Å². The Hall–Kier alpha value is -1.96. The zero-order chi connectivity index (χ0) is 15.2. The van der Waals surface area contributed by atoms with Crippen molar-refractivity contribution in [2.45, 2.75) is 39.7 Å². The molecule has 0 saturated carbocycles. The van der Waals surface area contributed by atoms with Gasteiger partial charge in [0.25, 0.3) is 0 Å².